The first-order valence-electron chi connectivity index (χ1n) is 11.6. The smallest absolute Gasteiger partial charge is 0.261 e. The molecule has 4 heterocycles. The lowest BCUT2D eigenvalue weighted by atomic mass is 10.0. The summed E-state index contributed by atoms with van der Waals surface area (Å²) in [4.78, 5) is 36.1. The molecule has 2 aromatic rings. The molecule has 2 atom stereocenters. The summed E-state index contributed by atoms with van der Waals surface area (Å²) in [6.45, 7) is 8.13. The number of phenolic OH excluding ortho intramolecular Hbond substituents is 1. The van der Waals surface area contributed by atoms with Crippen LogP contribution in [0.15, 0.2) is 36.9 Å². The minimum absolute atomic E-state index is 0.0572. The third-order valence-corrected chi connectivity index (χ3v) is 6.73. The van der Waals surface area contributed by atoms with Crippen LogP contribution < -0.4 is 9.64 Å². The van der Waals surface area contributed by atoms with Gasteiger partial charge in [0.25, 0.3) is 5.91 Å². The van der Waals surface area contributed by atoms with Crippen LogP contribution in [0.5, 0.6) is 11.5 Å². The number of carbonyl (C=O) groups is 2. The molecule has 1 N–H and O–H groups in total. The van der Waals surface area contributed by atoms with Crippen molar-refractivity contribution in [3.8, 4) is 22.8 Å². The lowest BCUT2D eigenvalue weighted by Crippen LogP contribution is -2.57. The highest BCUT2D eigenvalue weighted by Gasteiger charge is 2.40. The van der Waals surface area contributed by atoms with E-state index in [0.717, 1.165) is 0 Å². The number of ether oxygens (including phenoxy) is 2. The molecule has 0 aliphatic carbocycles. The van der Waals surface area contributed by atoms with Crippen molar-refractivity contribution in [2.75, 3.05) is 50.9 Å². The molecule has 10 heteroatoms. The van der Waals surface area contributed by atoms with Crippen molar-refractivity contribution in [2.24, 2.45) is 0 Å². The molecule has 5 rings (SSSR count). The molecular weight excluding hydrogens is 455 g/mol. The molecule has 2 amide bonds. The van der Waals surface area contributed by atoms with Crippen LogP contribution in [-0.2, 0) is 9.53 Å². The van der Waals surface area contributed by atoms with Gasteiger partial charge in [0.15, 0.2) is 0 Å². The summed E-state index contributed by atoms with van der Waals surface area (Å²) in [5.41, 5.74) is 0.409. The average Bonchev–Trinajstić information content (AvgIpc) is 2.99. The van der Waals surface area contributed by atoms with Gasteiger partial charge in [0.05, 0.1) is 36.6 Å². The van der Waals surface area contributed by atoms with E-state index in [1.54, 1.807) is 9.80 Å². The van der Waals surface area contributed by atoms with Gasteiger partial charge in [-0.1, -0.05) is 12.6 Å². The minimum Gasteiger partial charge on any atom is -0.507 e. The number of piperazine rings is 1. The van der Waals surface area contributed by atoms with Crippen LogP contribution in [0.2, 0.25) is 0 Å². The SMILES string of the molecule is C=CC(=O)N1CCN2C(=O)c3c(cc(-c4c(O)cccc4F)nc3N3CCOC[C@@H]3C)OC[C@H]2C1. The molecule has 0 bridgehead atoms. The summed E-state index contributed by atoms with van der Waals surface area (Å²) >= 11 is 0. The molecule has 35 heavy (non-hydrogen) atoms. The fourth-order valence-corrected chi connectivity index (χ4v) is 4.89. The van der Waals surface area contributed by atoms with E-state index in [1.807, 2.05) is 11.8 Å². The fourth-order valence-electron chi connectivity index (χ4n) is 4.89. The average molecular weight is 483 g/mol. The Morgan fingerprint density at radius 2 is 2.06 bits per heavy atom. The van der Waals surface area contributed by atoms with E-state index < -0.39 is 5.82 Å². The maximum atomic E-state index is 14.8. The number of carbonyl (C=O) groups excluding carboxylic acids is 2. The Labute approximate surface area is 202 Å². The van der Waals surface area contributed by atoms with Crippen molar-refractivity contribution in [1.82, 2.24) is 14.8 Å². The second-order valence-electron chi connectivity index (χ2n) is 8.91. The predicted octanol–water partition coefficient (Wildman–Crippen LogP) is 2.05. The van der Waals surface area contributed by atoms with Gasteiger partial charge < -0.3 is 29.3 Å². The summed E-state index contributed by atoms with van der Waals surface area (Å²) in [6.07, 6.45) is 1.26. The van der Waals surface area contributed by atoms with Gasteiger partial charge in [-0.2, -0.15) is 0 Å². The van der Waals surface area contributed by atoms with Crippen molar-refractivity contribution in [2.45, 2.75) is 19.0 Å². The maximum absolute atomic E-state index is 14.8. The molecule has 0 radical (unpaired) electrons. The number of rotatable bonds is 3. The van der Waals surface area contributed by atoms with Crippen LogP contribution in [0, 0.1) is 5.82 Å². The number of fused-ring (bicyclic) bond motifs is 2. The van der Waals surface area contributed by atoms with E-state index in [1.165, 1.54) is 30.3 Å². The van der Waals surface area contributed by atoms with Crippen LogP contribution in [0.4, 0.5) is 10.2 Å². The molecule has 1 aromatic heterocycles. The zero-order valence-corrected chi connectivity index (χ0v) is 19.4. The summed E-state index contributed by atoms with van der Waals surface area (Å²) in [6, 6.07) is 5.12. The summed E-state index contributed by atoms with van der Waals surface area (Å²) < 4.78 is 26.5. The van der Waals surface area contributed by atoms with Gasteiger partial charge in [-0.05, 0) is 25.1 Å². The van der Waals surface area contributed by atoms with Gasteiger partial charge in [-0.15, -0.1) is 0 Å². The predicted molar refractivity (Wildman–Crippen MR) is 126 cm³/mol. The molecule has 0 saturated carbocycles. The Bertz CT molecular complexity index is 1170. The number of morpholine rings is 1. The van der Waals surface area contributed by atoms with Crippen LogP contribution in [0.25, 0.3) is 11.3 Å². The monoisotopic (exact) mass is 482 g/mol. The fraction of sp³-hybridized carbons (Fsp3) is 0.400. The van der Waals surface area contributed by atoms with E-state index in [2.05, 4.69) is 6.58 Å². The Kier molecular flexibility index (Phi) is 6.06. The molecule has 0 spiro atoms. The highest BCUT2D eigenvalue weighted by atomic mass is 19.1. The first-order valence-corrected chi connectivity index (χ1v) is 11.6. The maximum Gasteiger partial charge on any atom is 0.261 e. The molecule has 2 fully saturated rings. The highest BCUT2D eigenvalue weighted by Crippen LogP contribution is 2.40. The van der Waals surface area contributed by atoms with E-state index in [4.69, 9.17) is 14.5 Å². The van der Waals surface area contributed by atoms with Crippen LogP contribution in [0.1, 0.15) is 17.3 Å². The molecule has 1 aromatic carbocycles. The number of nitrogens with zero attached hydrogens (tertiary/aromatic N) is 4. The molecule has 2 saturated heterocycles. The largest absolute Gasteiger partial charge is 0.507 e. The van der Waals surface area contributed by atoms with Crippen molar-refractivity contribution >= 4 is 17.6 Å². The number of benzene rings is 1. The Morgan fingerprint density at radius 3 is 2.80 bits per heavy atom. The molecule has 9 nitrogen and oxygen atoms in total. The molecule has 3 aliphatic heterocycles. The number of aromatic hydroxyl groups is 1. The Balaban J connectivity index is 1.62. The normalized spacial score (nSPS) is 22.1. The number of anilines is 1. The van der Waals surface area contributed by atoms with Crippen molar-refractivity contribution in [1.29, 1.82) is 0 Å². The third-order valence-electron chi connectivity index (χ3n) is 6.73. The zero-order chi connectivity index (χ0) is 24.7. The van der Waals surface area contributed by atoms with Crippen molar-refractivity contribution in [3.63, 3.8) is 0 Å². The quantitative estimate of drug-likeness (QED) is 0.669. The number of phenols is 1. The number of aromatic nitrogens is 1. The lowest BCUT2D eigenvalue weighted by molar-refractivity contribution is -0.128. The third kappa shape index (κ3) is 4.07. The van der Waals surface area contributed by atoms with Gasteiger partial charge in [0.1, 0.15) is 35.3 Å². The van der Waals surface area contributed by atoms with E-state index in [-0.39, 0.29) is 53.3 Å². The second-order valence-corrected chi connectivity index (χ2v) is 8.91. The van der Waals surface area contributed by atoms with Gasteiger partial charge in [0.2, 0.25) is 5.91 Å². The van der Waals surface area contributed by atoms with E-state index >= 15 is 0 Å². The number of halogens is 1. The van der Waals surface area contributed by atoms with Gasteiger partial charge >= 0.3 is 0 Å². The first-order chi connectivity index (χ1) is 16.9. The number of pyridine rings is 1. The van der Waals surface area contributed by atoms with Crippen LogP contribution in [-0.4, -0.2) is 89.8 Å². The van der Waals surface area contributed by atoms with Crippen molar-refractivity contribution < 1.29 is 28.6 Å². The zero-order valence-electron chi connectivity index (χ0n) is 19.4. The number of hydrogen-bond donors (Lipinski definition) is 1. The lowest BCUT2D eigenvalue weighted by Gasteiger charge is -2.40. The van der Waals surface area contributed by atoms with Gasteiger partial charge in [-0.25, -0.2) is 9.37 Å². The standard InChI is InChI=1S/C25H27FN4O5/c1-3-21(32)28-7-8-30-16(12-28)14-35-20-11-18(22-17(26)5-4-6-19(22)31)27-24(23(20)25(30)33)29-9-10-34-13-15(29)2/h3-6,11,15-16,31H,1,7-10,12-14H2,2H3/t15-,16+/m0/s1. The summed E-state index contributed by atoms with van der Waals surface area (Å²) in [7, 11) is 0. The summed E-state index contributed by atoms with van der Waals surface area (Å²) in [5, 5.41) is 10.4. The minimum atomic E-state index is -0.630. The highest BCUT2D eigenvalue weighted by molar-refractivity contribution is 6.03. The van der Waals surface area contributed by atoms with Gasteiger partial charge in [0, 0.05) is 32.2 Å². The molecule has 0 unspecified atom stereocenters. The molecular formula is C25H27FN4O5. The van der Waals surface area contributed by atoms with E-state index in [9.17, 15) is 19.1 Å². The Hall–Kier alpha value is -3.66. The topological polar surface area (TPSA) is 95.4 Å². The first kappa shape index (κ1) is 23.1. The van der Waals surface area contributed by atoms with E-state index in [0.29, 0.717) is 50.8 Å². The number of hydrogen-bond acceptors (Lipinski definition) is 7. The second kappa shape index (κ2) is 9.18. The molecule has 3 aliphatic rings. The molecule has 184 valence electrons. The Morgan fingerprint density at radius 1 is 1.23 bits per heavy atom. The number of amides is 2. The van der Waals surface area contributed by atoms with Crippen LogP contribution >= 0.6 is 0 Å². The van der Waals surface area contributed by atoms with Gasteiger partial charge in [-0.3, -0.25) is 9.59 Å². The van der Waals surface area contributed by atoms with Crippen molar-refractivity contribution in [3.05, 3.63) is 48.3 Å². The summed E-state index contributed by atoms with van der Waals surface area (Å²) in [5.74, 6) is -0.693. The van der Waals surface area contributed by atoms with Crippen LogP contribution in [0.3, 0.4) is 0 Å².